The van der Waals surface area contributed by atoms with Crippen molar-refractivity contribution in [3.63, 3.8) is 0 Å². The van der Waals surface area contributed by atoms with E-state index in [9.17, 15) is 14.7 Å². The third kappa shape index (κ3) is 6.04. The van der Waals surface area contributed by atoms with Gasteiger partial charge < -0.3 is 15.7 Å². The van der Waals surface area contributed by atoms with Crippen LogP contribution in [0.1, 0.15) is 44.6 Å². The molecule has 0 aromatic heterocycles. The predicted octanol–water partition coefficient (Wildman–Crippen LogP) is 3.68. The lowest BCUT2D eigenvalue weighted by Crippen LogP contribution is -2.45. The number of carbonyl (C=O) groups excluding carboxylic acids is 2. The maximum atomic E-state index is 12.1. The summed E-state index contributed by atoms with van der Waals surface area (Å²) in [6.07, 6.45) is 7.62. The van der Waals surface area contributed by atoms with E-state index >= 15 is 0 Å². The molecule has 2 aromatic carbocycles. The van der Waals surface area contributed by atoms with E-state index in [1.807, 2.05) is 54.6 Å². The molecule has 1 atom stereocenters. The van der Waals surface area contributed by atoms with Crippen molar-refractivity contribution in [3.8, 4) is 11.1 Å². The summed E-state index contributed by atoms with van der Waals surface area (Å²) in [6, 6.07) is 17.5. The number of aliphatic hydroxyl groups is 1. The standard InChI is InChI=1S/C25H30N2O3/c1-25(30,22-14-12-21(13-15-22)20-10-6-3-7-11-20)18-27-24(29)23(28)26-17-16-19-8-4-2-5-9-19/h3,6-8,10-15,30H,2,4-5,9,16-18H2,1H3,(H,26,28)(H,27,29). The minimum atomic E-state index is -1.28. The maximum Gasteiger partial charge on any atom is 0.309 e. The van der Waals surface area contributed by atoms with Crippen molar-refractivity contribution in [2.45, 2.75) is 44.6 Å². The fourth-order valence-corrected chi connectivity index (χ4v) is 3.64. The summed E-state index contributed by atoms with van der Waals surface area (Å²) < 4.78 is 0. The van der Waals surface area contributed by atoms with Crippen LogP contribution in [0.5, 0.6) is 0 Å². The van der Waals surface area contributed by atoms with Gasteiger partial charge in [0.05, 0.1) is 6.54 Å². The minimum absolute atomic E-state index is 0.0465. The molecule has 30 heavy (non-hydrogen) atoms. The molecule has 0 spiro atoms. The van der Waals surface area contributed by atoms with Crippen LogP contribution >= 0.6 is 0 Å². The smallest absolute Gasteiger partial charge is 0.309 e. The zero-order valence-electron chi connectivity index (χ0n) is 17.5. The molecule has 0 saturated heterocycles. The molecule has 1 aliphatic rings. The lowest BCUT2D eigenvalue weighted by Gasteiger charge is -2.24. The molecule has 2 aromatic rings. The lowest BCUT2D eigenvalue weighted by molar-refractivity contribution is -0.139. The van der Waals surface area contributed by atoms with Crippen LogP contribution in [0.4, 0.5) is 0 Å². The molecule has 158 valence electrons. The van der Waals surface area contributed by atoms with E-state index in [1.54, 1.807) is 6.92 Å². The van der Waals surface area contributed by atoms with Gasteiger partial charge in [0.25, 0.3) is 0 Å². The summed E-state index contributed by atoms with van der Waals surface area (Å²) in [6.45, 7) is 2.03. The average molecular weight is 407 g/mol. The second kappa shape index (κ2) is 10.2. The van der Waals surface area contributed by atoms with Crippen LogP contribution in [0, 0.1) is 0 Å². The Kier molecular flexibility index (Phi) is 7.41. The molecule has 0 radical (unpaired) electrons. The fourth-order valence-electron chi connectivity index (χ4n) is 3.64. The molecule has 0 aliphatic heterocycles. The quantitative estimate of drug-likeness (QED) is 0.485. The Morgan fingerprint density at radius 2 is 1.60 bits per heavy atom. The molecular weight excluding hydrogens is 376 g/mol. The molecule has 5 nitrogen and oxygen atoms in total. The molecule has 3 N–H and O–H groups in total. The molecular formula is C25H30N2O3. The van der Waals surface area contributed by atoms with E-state index in [0.29, 0.717) is 12.1 Å². The fraction of sp³-hybridized carbons (Fsp3) is 0.360. The van der Waals surface area contributed by atoms with Crippen LogP contribution < -0.4 is 10.6 Å². The van der Waals surface area contributed by atoms with Gasteiger partial charge in [-0.2, -0.15) is 0 Å². The third-order valence-corrected chi connectivity index (χ3v) is 5.53. The maximum absolute atomic E-state index is 12.1. The molecule has 3 rings (SSSR count). The Morgan fingerprint density at radius 3 is 2.27 bits per heavy atom. The SMILES string of the molecule is CC(O)(CNC(=O)C(=O)NCCC1=CCCCC1)c1ccc(-c2ccccc2)cc1. The minimum Gasteiger partial charge on any atom is -0.384 e. The molecule has 1 unspecified atom stereocenters. The van der Waals surface area contributed by atoms with Crippen molar-refractivity contribution < 1.29 is 14.7 Å². The number of benzene rings is 2. The highest BCUT2D eigenvalue weighted by atomic mass is 16.3. The molecule has 0 bridgehead atoms. The first-order chi connectivity index (χ1) is 14.5. The van der Waals surface area contributed by atoms with Gasteiger partial charge >= 0.3 is 11.8 Å². The number of hydrogen-bond acceptors (Lipinski definition) is 3. The van der Waals surface area contributed by atoms with E-state index in [0.717, 1.165) is 30.4 Å². The van der Waals surface area contributed by atoms with Crippen molar-refractivity contribution in [2.24, 2.45) is 0 Å². The van der Waals surface area contributed by atoms with E-state index < -0.39 is 17.4 Å². The summed E-state index contributed by atoms with van der Waals surface area (Å²) in [5, 5.41) is 16.0. The van der Waals surface area contributed by atoms with Crippen LogP contribution in [-0.4, -0.2) is 30.0 Å². The first kappa shape index (κ1) is 21.8. The highest BCUT2D eigenvalue weighted by Gasteiger charge is 2.25. The van der Waals surface area contributed by atoms with Crippen molar-refractivity contribution in [1.29, 1.82) is 0 Å². The summed E-state index contributed by atoms with van der Waals surface area (Å²) in [4.78, 5) is 24.1. The number of rotatable bonds is 7. The van der Waals surface area contributed by atoms with E-state index in [4.69, 9.17) is 0 Å². The Bertz CT molecular complexity index is 886. The van der Waals surface area contributed by atoms with Crippen LogP contribution in [0.3, 0.4) is 0 Å². The van der Waals surface area contributed by atoms with Gasteiger partial charge in [0.2, 0.25) is 0 Å². The molecule has 0 saturated carbocycles. The second-order valence-electron chi connectivity index (χ2n) is 8.01. The van der Waals surface area contributed by atoms with E-state index in [2.05, 4.69) is 16.7 Å². The van der Waals surface area contributed by atoms with Gasteiger partial charge in [-0.15, -0.1) is 0 Å². The Balaban J connectivity index is 1.48. The third-order valence-electron chi connectivity index (χ3n) is 5.53. The van der Waals surface area contributed by atoms with Crippen molar-refractivity contribution in [2.75, 3.05) is 13.1 Å². The number of amides is 2. The Morgan fingerprint density at radius 1 is 0.933 bits per heavy atom. The number of hydrogen-bond donors (Lipinski definition) is 3. The zero-order chi connectivity index (χ0) is 21.4. The predicted molar refractivity (Wildman–Crippen MR) is 119 cm³/mol. The van der Waals surface area contributed by atoms with Crippen molar-refractivity contribution in [1.82, 2.24) is 10.6 Å². The average Bonchev–Trinajstić information content (AvgIpc) is 2.79. The van der Waals surface area contributed by atoms with E-state index in [1.165, 1.54) is 18.4 Å². The van der Waals surface area contributed by atoms with Gasteiger partial charge in [0, 0.05) is 6.54 Å². The second-order valence-corrected chi connectivity index (χ2v) is 8.01. The Labute approximate surface area is 178 Å². The highest BCUT2D eigenvalue weighted by Crippen LogP contribution is 2.25. The van der Waals surface area contributed by atoms with Gasteiger partial charge in [-0.25, -0.2) is 0 Å². The largest absolute Gasteiger partial charge is 0.384 e. The number of nitrogens with one attached hydrogen (secondary N) is 2. The number of allylic oxidation sites excluding steroid dienone is 1. The molecule has 2 amide bonds. The Hall–Kier alpha value is -2.92. The van der Waals surface area contributed by atoms with Gasteiger partial charge in [0.15, 0.2) is 0 Å². The molecule has 5 heteroatoms. The number of carbonyl (C=O) groups is 2. The van der Waals surface area contributed by atoms with Gasteiger partial charge in [-0.1, -0.05) is 66.2 Å². The first-order valence-corrected chi connectivity index (χ1v) is 10.6. The van der Waals surface area contributed by atoms with Crippen LogP contribution in [0.2, 0.25) is 0 Å². The summed E-state index contributed by atoms with van der Waals surface area (Å²) in [5.41, 5.74) is 2.89. The normalized spacial score (nSPS) is 15.6. The summed E-state index contributed by atoms with van der Waals surface area (Å²) in [7, 11) is 0. The molecule has 1 aliphatic carbocycles. The molecule has 0 fully saturated rings. The van der Waals surface area contributed by atoms with Crippen LogP contribution in [-0.2, 0) is 15.2 Å². The van der Waals surface area contributed by atoms with Crippen LogP contribution in [0.15, 0.2) is 66.2 Å². The lowest BCUT2D eigenvalue weighted by atomic mass is 9.93. The zero-order valence-corrected chi connectivity index (χ0v) is 17.5. The van der Waals surface area contributed by atoms with Crippen molar-refractivity contribution >= 4 is 11.8 Å². The van der Waals surface area contributed by atoms with Gasteiger partial charge in [-0.3, -0.25) is 9.59 Å². The first-order valence-electron chi connectivity index (χ1n) is 10.6. The summed E-state index contributed by atoms with van der Waals surface area (Å²) in [5.74, 6) is -1.39. The van der Waals surface area contributed by atoms with Crippen LogP contribution in [0.25, 0.3) is 11.1 Å². The van der Waals surface area contributed by atoms with E-state index in [-0.39, 0.29) is 6.54 Å². The summed E-state index contributed by atoms with van der Waals surface area (Å²) >= 11 is 0. The van der Waals surface area contributed by atoms with Gasteiger partial charge in [0.1, 0.15) is 5.60 Å². The van der Waals surface area contributed by atoms with Crippen molar-refractivity contribution in [3.05, 3.63) is 71.8 Å². The highest BCUT2D eigenvalue weighted by molar-refractivity contribution is 6.35. The van der Waals surface area contributed by atoms with Gasteiger partial charge in [-0.05, 0) is 55.7 Å². The monoisotopic (exact) mass is 406 g/mol. The topological polar surface area (TPSA) is 78.4 Å². The molecule has 0 heterocycles.